The Morgan fingerprint density at radius 1 is 1.38 bits per heavy atom. The van der Waals surface area contributed by atoms with Gasteiger partial charge in [0, 0.05) is 5.56 Å². The van der Waals surface area contributed by atoms with Crippen LogP contribution in [0.1, 0.15) is 43.1 Å². The van der Waals surface area contributed by atoms with Crippen LogP contribution in [0.5, 0.6) is 0 Å². The number of aromatic nitrogens is 2. The van der Waals surface area contributed by atoms with E-state index in [0.29, 0.717) is 11.8 Å². The van der Waals surface area contributed by atoms with Crippen LogP contribution in [0.4, 0.5) is 0 Å². The molecule has 0 amide bonds. The van der Waals surface area contributed by atoms with E-state index in [0.717, 1.165) is 23.4 Å². The van der Waals surface area contributed by atoms with Crippen molar-refractivity contribution in [2.75, 3.05) is 0 Å². The molecule has 0 saturated heterocycles. The fraction of sp³-hybridized carbons (Fsp3) is 0.692. The molecule has 3 nitrogen and oxygen atoms in total. The first kappa shape index (κ1) is 10.2. The zero-order chi connectivity index (χ0) is 11.3. The molecular weight excluding hydrogens is 200 g/mol. The molecule has 2 fully saturated rings. The van der Waals surface area contributed by atoms with Gasteiger partial charge < -0.3 is 5.11 Å². The van der Waals surface area contributed by atoms with Crippen molar-refractivity contribution in [3.05, 3.63) is 23.0 Å². The molecule has 16 heavy (non-hydrogen) atoms. The Balaban J connectivity index is 2.03. The third-order valence-electron chi connectivity index (χ3n) is 4.30. The highest BCUT2D eigenvalue weighted by Crippen LogP contribution is 2.66. The quantitative estimate of drug-likeness (QED) is 0.825. The van der Waals surface area contributed by atoms with Gasteiger partial charge in [0.05, 0.1) is 17.0 Å². The maximum atomic E-state index is 10.7. The summed E-state index contributed by atoms with van der Waals surface area (Å²) >= 11 is 0. The molecule has 2 saturated carbocycles. The summed E-state index contributed by atoms with van der Waals surface area (Å²) in [5, 5.41) is 19.1. The van der Waals surface area contributed by atoms with Crippen LogP contribution in [0.15, 0.2) is 6.07 Å². The van der Waals surface area contributed by atoms with E-state index in [1.807, 2.05) is 13.0 Å². The van der Waals surface area contributed by atoms with Crippen molar-refractivity contribution in [1.82, 2.24) is 10.2 Å². The fourth-order valence-corrected chi connectivity index (χ4v) is 3.44. The number of hydrogen-bond donors (Lipinski definition) is 1. The van der Waals surface area contributed by atoms with Gasteiger partial charge >= 0.3 is 0 Å². The molecule has 2 atom stereocenters. The molecule has 2 unspecified atom stereocenters. The van der Waals surface area contributed by atoms with E-state index in [2.05, 4.69) is 17.1 Å². The molecule has 1 aromatic heterocycles. The maximum absolute atomic E-state index is 10.7. The predicted octanol–water partition coefficient (Wildman–Crippen LogP) is 1.96. The van der Waals surface area contributed by atoms with Gasteiger partial charge in [-0.15, -0.1) is 0 Å². The summed E-state index contributed by atoms with van der Waals surface area (Å²) in [5.74, 6) is 0.975. The van der Waals surface area contributed by atoms with Crippen molar-refractivity contribution in [3.8, 4) is 0 Å². The van der Waals surface area contributed by atoms with Gasteiger partial charge in [-0.2, -0.15) is 10.2 Å². The summed E-state index contributed by atoms with van der Waals surface area (Å²) in [6.07, 6.45) is 4.47. The zero-order valence-corrected chi connectivity index (χ0v) is 9.90. The van der Waals surface area contributed by atoms with Crippen molar-refractivity contribution in [3.63, 3.8) is 0 Å². The van der Waals surface area contributed by atoms with Crippen LogP contribution >= 0.6 is 0 Å². The van der Waals surface area contributed by atoms with Gasteiger partial charge in [-0.05, 0) is 44.1 Å². The largest absolute Gasteiger partial charge is 0.384 e. The number of aliphatic hydroxyl groups is 1. The molecular formula is C13H18N2O. The Labute approximate surface area is 95.9 Å². The highest BCUT2D eigenvalue weighted by Gasteiger charge is 2.66. The van der Waals surface area contributed by atoms with Gasteiger partial charge in [0.25, 0.3) is 0 Å². The Kier molecular flexibility index (Phi) is 2.08. The SMILES string of the molecule is CCc1nnc(C)cc1C1(O)C2CCCC21. The average molecular weight is 218 g/mol. The van der Waals surface area contributed by atoms with E-state index in [9.17, 15) is 5.11 Å². The Hall–Kier alpha value is -0.960. The van der Waals surface area contributed by atoms with E-state index < -0.39 is 5.60 Å². The molecule has 0 bridgehead atoms. The minimum atomic E-state index is -0.565. The molecule has 3 heteroatoms. The highest BCUT2D eigenvalue weighted by molar-refractivity contribution is 5.37. The third-order valence-corrected chi connectivity index (χ3v) is 4.30. The van der Waals surface area contributed by atoms with Crippen LogP contribution in [0, 0.1) is 18.8 Å². The monoisotopic (exact) mass is 218 g/mol. The number of fused-ring (bicyclic) bond motifs is 1. The Bertz CT molecular complexity index is 420. The lowest BCUT2D eigenvalue weighted by Crippen LogP contribution is -2.17. The summed E-state index contributed by atoms with van der Waals surface area (Å²) in [6.45, 7) is 4.02. The molecule has 0 spiro atoms. The van der Waals surface area contributed by atoms with Crippen molar-refractivity contribution in [2.24, 2.45) is 11.8 Å². The number of nitrogens with zero attached hydrogens (tertiary/aromatic N) is 2. The summed E-state index contributed by atoms with van der Waals surface area (Å²) in [7, 11) is 0. The molecule has 0 radical (unpaired) electrons. The van der Waals surface area contributed by atoms with Gasteiger partial charge in [0.15, 0.2) is 0 Å². The van der Waals surface area contributed by atoms with Gasteiger partial charge in [-0.25, -0.2) is 0 Å². The van der Waals surface area contributed by atoms with Crippen LogP contribution in [-0.4, -0.2) is 15.3 Å². The summed E-state index contributed by atoms with van der Waals surface area (Å²) in [5.41, 5.74) is 2.37. The summed E-state index contributed by atoms with van der Waals surface area (Å²) in [6, 6.07) is 2.03. The molecule has 1 aromatic rings. The van der Waals surface area contributed by atoms with E-state index in [1.54, 1.807) is 0 Å². The van der Waals surface area contributed by atoms with Crippen molar-refractivity contribution in [1.29, 1.82) is 0 Å². The van der Waals surface area contributed by atoms with Crippen LogP contribution in [0.25, 0.3) is 0 Å². The lowest BCUT2D eigenvalue weighted by Gasteiger charge is -2.17. The second kappa shape index (κ2) is 3.27. The molecule has 0 aliphatic heterocycles. The number of rotatable bonds is 2. The zero-order valence-electron chi connectivity index (χ0n) is 9.90. The average Bonchev–Trinajstić information content (AvgIpc) is 2.69. The standard InChI is InChI=1S/C13H18N2O/c1-3-12-11(7-8(2)14-15-12)13(16)9-5-4-6-10(9)13/h7,9-10,16H,3-6H2,1-2H3. The van der Waals surface area contributed by atoms with E-state index >= 15 is 0 Å². The lowest BCUT2D eigenvalue weighted by molar-refractivity contribution is 0.104. The van der Waals surface area contributed by atoms with Crippen molar-refractivity contribution in [2.45, 2.75) is 45.1 Å². The topological polar surface area (TPSA) is 46.0 Å². The van der Waals surface area contributed by atoms with Crippen LogP contribution in [0.2, 0.25) is 0 Å². The minimum absolute atomic E-state index is 0.487. The molecule has 2 aliphatic carbocycles. The molecule has 86 valence electrons. The normalized spacial score (nSPS) is 36.2. The maximum Gasteiger partial charge on any atom is 0.0979 e. The molecule has 2 aliphatic rings. The Morgan fingerprint density at radius 3 is 2.69 bits per heavy atom. The first-order valence-corrected chi connectivity index (χ1v) is 6.24. The summed E-state index contributed by atoms with van der Waals surface area (Å²) < 4.78 is 0. The minimum Gasteiger partial charge on any atom is -0.384 e. The highest BCUT2D eigenvalue weighted by atomic mass is 16.3. The van der Waals surface area contributed by atoms with Crippen LogP contribution < -0.4 is 0 Å². The van der Waals surface area contributed by atoms with Gasteiger partial charge in [0.1, 0.15) is 0 Å². The molecule has 3 rings (SSSR count). The molecule has 1 N–H and O–H groups in total. The first-order chi connectivity index (χ1) is 7.67. The van der Waals surface area contributed by atoms with E-state index in [-0.39, 0.29) is 0 Å². The van der Waals surface area contributed by atoms with E-state index in [4.69, 9.17) is 0 Å². The fourth-order valence-electron chi connectivity index (χ4n) is 3.44. The lowest BCUT2D eigenvalue weighted by atomic mass is 9.96. The van der Waals surface area contributed by atoms with Gasteiger partial charge in [-0.1, -0.05) is 13.3 Å². The predicted molar refractivity (Wildman–Crippen MR) is 60.9 cm³/mol. The number of hydrogen-bond acceptors (Lipinski definition) is 3. The van der Waals surface area contributed by atoms with Gasteiger partial charge in [-0.3, -0.25) is 0 Å². The smallest absolute Gasteiger partial charge is 0.0979 e. The second-order valence-corrected chi connectivity index (χ2v) is 5.17. The van der Waals surface area contributed by atoms with Crippen LogP contribution in [-0.2, 0) is 12.0 Å². The van der Waals surface area contributed by atoms with Crippen molar-refractivity contribution < 1.29 is 5.11 Å². The molecule has 1 heterocycles. The number of aryl methyl sites for hydroxylation is 2. The van der Waals surface area contributed by atoms with Gasteiger partial charge in [0.2, 0.25) is 0 Å². The van der Waals surface area contributed by atoms with Crippen molar-refractivity contribution >= 4 is 0 Å². The molecule has 0 aromatic carbocycles. The second-order valence-electron chi connectivity index (χ2n) is 5.17. The Morgan fingerprint density at radius 2 is 2.06 bits per heavy atom. The third kappa shape index (κ3) is 1.18. The first-order valence-electron chi connectivity index (χ1n) is 6.24. The summed E-state index contributed by atoms with van der Waals surface area (Å²) in [4.78, 5) is 0. The van der Waals surface area contributed by atoms with E-state index in [1.165, 1.54) is 19.3 Å². The van der Waals surface area contributed by atoms with Crippen LogP contribution in [0.3, 0.4) is 0 Å².